The summed E-state index contributed by atoms with van der Waals surface area (Å²) in [6.07, 6.45) is 2.90. The minimum absolute atomic E-state index is 0.345. The molecule has 1 atom stereocenters. The number of nitrogens with zero attached hydrogens (tertiary/aromatic N) is 3. The van der Waals surface area contributed by atoms with E-state index >= 15 is 0 Å². The first kappa shape index (κ1) is 12.8. The fraction of sp³-hybridized carbons (Fsp3) is 0.231. The van der Waals surface area contributed by atoms with Crippen LogP contribution in [0.3, 0.4) is 0 Å². The monoisotopic (exact) mass is 256 g/mol. The number of rotatable bonds is 3. The van der Waals surface area contributed by atoms with E-state index < -0.39 is 11.9 Å². The van der Waals surface area contributed by atoms with E-state index in [1.165, 1.54) is 12.5 Å². The zero-order valence-corrected chi connectivity index (χ0v) is 10.5. The van der Waals surface area contributed by atoms with E-state index in [1.807, 2.05) is 6.07 Å². The molecule has 0 aliphatic carbocycles. The predicted octanol–water partition coefficient (Wildman–Crippen LogP) is 1.68. The van der Waals surface area contributed by atoms with Gasteiger partial charge in [0.2, 0.25) is 0 Å². The van der Waals surface area contributed by atoms with Crippen LogP contribution in [0.1, 0.15) is 33.7 Å². The Morgan fingerprint density at radius 2 is 2.32 bits per heavy atom. The Labute approximate surface area is 110 Å². The van der Waals surface area contributed by atoms with E-state index in [4.69, 9.17) is 9.68 Å². The summed E-state index contributed by atoms with van der Waals surface area (Å²) in [5.74, 6) is 0.582. The molecule has 96 valence electrons. The van der Waals surface area contributed by atoms with Gasteiger partial charge in [0, 0.05) is 6.20 Å². The van der Waals surface area contributed by atoms with Gasteiger partial charge in [0.05, 0.1) is 23.6 Å². The number of carbonyl (C=O) groups is 1. The van der Waals surface area contributed by atoms with E-state index in [2.05, 4.69) is 15.3 Å². The third-order valence-electron chi connectivity index (χ3n) is 2.58. The number of aromatic nitrogens is 2. The number of furan rings is 1. The van der Waals surface area contributed by atoms with Crippen molar-refractivity contribution in [1.29, 1.82) is 5.26 Å². The van der Waals surface area contributed by atoms with Crippen molar-refractivity contribution in [1.82, 2.24) is 15.3 Å². The molecule has 0 saturated heterocycles. The van der Waals surface area contributed by atoms with Gasteiger partial charge in [-0.2, -0.15) is 5.26 Å². The van der Waals surface area contributed by atoms with E-state index in [1.54, 1.807) is 26.0 Å². The second-order valence-corrected chi connectivity index (χ2v) is 3.97. The normalized spacial score (nSPS) is 11.6. The molecule has 0 aliphatic heterocycles. The van der Waals surface area contributed by atoms with Gasteiger partial charge < -0.3 is 9.73 Å². The van der Waals surface area contributed by atoms with Crippen molar-refractivity contribution in [2.75, 3.05) is 0 Å². The molecule has 0 radical (unpaired) electrons. The van der Waals surface area contributed by atoms with Crippen LogP contribution in [0.5, 0.6) is 0 Å². The quantitative estimate of drug-likeness (QED) is 0.901. The average Bonchev–Trinajstić information content (AvgIpc) is 2.89. The summed E-state index contributed by atoms with van der Waals surface area (Å²) in [6.45, 7) is 3.47. The first-order valence-corrected chi connectivity index (χ1v) is 5.66. The maximum Gasteiger partial charge on any atom is 0.256 e. The smallest absolute Gasteiger partial charge is 0.256 e. The van der Waals surface area contributed by atoms with Crippen LogP contribution in [0.15, 0.2) is 29.0 Å². The molecule has 6 heteroatoms. The van der Waals surface area contributed by atoms with Crippen LogP contribution in [0.4, 0.5) is 0 Å². The summed E-state index contributed by atoms with van der Waals surface area (Å²) in [4.78, 5) is 20.1. The van der Waals surface area contributed by atoms with Crippen molar-refractivity contribution in [3.8, 4) is 6.07 Å². The van der Waals surface area contributed by atoms with Gasteiger partial charge in [-0.1, -0.05) is 0 Å². The van der Waals surface area contributed by atoms with E-state index in [-0.39, 0.29) is 0 Å². The van der Waals surface area contributed by atoms with Crippen molar-refractivity contribution in [2.45, 2.75) is 19.9 Å². The van der Waals surface area contributed by atoms with Gasteiger partial charge in [-0.05, 0) is 26.0 Å². The molecular formula is C13H12N4O2. The van der Waals surface area contributed by atoms with Crippen LogP contribution < -0.4 is 5.32 Å². The molecule has 0 saturated carbocycles. The molecule has 0 aliphatic rings. The van der Waals surface area contributed by atoms with Gasteiger partial charge in [-0.15, -0.1) is 0 Å². The Morgan fingerprint density at radius 1 is 1.53 bits per heavy atom. The highest BCUT2D eigenvalue weighted by Gasteiger charge is 2.19. The largest absolute Gasteiger partial charge is 0.466 e. The first-order valence-electron chi connectivity index (χ1n) is 5.66. The zero-order chi connectivity index (χ0) is 13.8. The summed E-state index contributed by atoms with van der Waals surface area (Å²) < 4.78 is 5.10. The van der Waals surface area contributed by atoms with Crippen molar-refractivity contribution in [2.24, 2.45) is 0 Å². The topological polar surface area (TPSA) is 91.8 Å². The van der Waals surface area contributed by atoms with Crippen LogP contribution in [0.2, 0.25) is 0 Å². The Bertz CT molecular complexity index is 629. The van der Waals surface area contributed by atoms with Crippen LogP contribution >= 0.6 is 0 Å². The lowest BCUT2D eigenvalue weighted by molar-refractivity contribution is 0.0940. The zero-order valence-electron chi connectivity index (χ0n) is 10.5. The highest BCUT2D eigenvalue weighted by Crippen LogP contribution is 2.13. The second kappa shape index (κ2) is 5.31. The molecule has 1 amide bonds. The number of aryl methyl sites for hydroxylation is 2. The summed E-state index contributed by atoms with van der Waals surface area (Å²) in [5.41, 5.74) is 0.915. The highest BCUT2D eigenvalue weighted by molar-refractivity contribution is 5.95. The van der Waals surface area contributed by atoms with Crippen LogP contribution in [0, 0.1) is 25.2 Å². The molecule has 6 nitrogen and oxygen atoms in total. The van der Waals surface area contributed by atoms with Gasteiger partial charge >= 0.3 is 0 Å². The van der Waals surface area contributed by atoms with Crippen LogP contribution in [-0.4, -0.2) is 15.9 Å². The Kier molecular flexibility index (Phi) is 3.57. The maximum absolute atomic E-state index is 12.1. The first-order chi connectivity index (χ1) is 9.11. The minimum Gasteiger partial charge on any atom is -0.466 e. The molecule has 0 spiro atoms. The molecular weight excluding hydrogens is 244 g/mol. The lowest BCUT2D eigenvalue weighted by Crippen LogP contribution is -2.28. The molecule has 2 rings (SSSR count). The third-order valence-corrected chi connectivity index (χ3v) is 2.58. The van der Waals surface area contributed by atoms with E-state index in [0.29, 0.717) is 22.8 Å². The molecule has 0 bridgehead atoms. The standard InChI is InChI=1S/C13H12N4O2/c1-8-10(7-15-9(2)16-8)13(18)17-11(6-14)12-4-3-5-19-12/h3-5,7,11H,1-2H3,(H,17,18). The lowest BCUT2D eigenvalue weighted by atomic mass is 10.2. The number of nitriles is 1. The van der Waals surface area contributed by atoms with Crippen molar-refractivity contribution in [3.05, 3.63) is 47.4 Å². The van der Waals surface area contributed by atoms with Gasteiger partial charge in [0.15, 0.2) is 6.04 Å². The Hall–Kier alpha value is -2.68. The second-order valence-electron chi connectivity index (χ2n) is 3.97. The lowest BCUT2D eigenvalue weighted by Gasteiger charge is -2.10. The van der Waals surface area contributed by atoms with Crippen molar-refractivity contribution >= 4 is 5.91 Å². The Morgan fingerprint density at radius 3 is 2.89 bits per heavy atom. The summed E-state index contributed by atoms with van der Waals surface area (Å²) >= 11 is 0. The minimum atomic E-state index is -0.830. The van der Waals surface area contributed by atoms with Crippen LogP contribution in [-0.2, 0) is 0 Å². The highest BCUT2D eigenvalue weighted by atomic mass is 16.3. The summed E-state index contributed by atoms with van der Waals surface area (Å²) in [5, 5.41) is 11.6. The number of hydrogen-bond acceptors (Lipinski definition) is 5. The maximum atomic E-state index is 12.1. The molecule has 2 heterocycles. The molecule has 0 aromatic carbocycles. The summed E-state index contributed by atoms with van der Waals surface area (Å²) in [6, 6.07) is 4.43. The van der Waals surface area contributed by atoms with Crippen molar-refractivity contribution in [3.63, 3.8) is 0 Å². The predicted molar refractivity (Wildman–Crippen MR) is 66.0 cm³/mol. The van der Waals surface area contributed by atoms with E-state index in [9.17, 15) is 4.79 Å². The molecule has 1 unspecified atom stereocenters. The molecule has 2 aromatic heterocycles. The number of amides is 1. The Balaban J connectivity index is 2.19. The van der Waals surface area contributed by atoms with Crippen LogP contribution in [0.25, 0.3) is 0 Å². The molecule has 1 N–H and O–H groups in total. The number of nitrogens with one attached hydrogen (secondary N) is 1. The van der Waals surface area contributed by atoms with E-state index in [0.717, 1.165) is 0 Å². The fourth-order valence-corrected chi connectivity index (χ4v) is 1.64. The van der Waals surface area contributed by atoms with Crippen molar-refractivity contribution < 1.29 is 9.21 Å². The van der Waals surface area contributed by atoms with Gasteiger partial charge in [-0.3, -0.25) is 4.79 Å². The van der Waals surface area contributed by atoms with Gasteiger partial charge in [0.25, 0.3) is 5.91 Å². The fourth-order valence-electron chi connectivity index (χ4n) is 1.64. The van der Waals surface area contributed by atoms with Gasteiger partial charge in [0.1, 0.15) is 11.6 Å². The molecule has 19 heavy (non-hydrogen) atoms. The SMILES string of the molecule is Cc1ncc(C(=O)NC(C#N)c2ccco2)c(C)n1. The summed E-state index contributed by atoms with van der Waals surface area (Å²) in [7, 11) is 0. The third kappa shape index (κ3) is 2.77. The molecule has 0 fully saturated rings. The number of carbonyl (C=O) groups excluding carboxylic acids is 1. The number of hydrogen-bond donors (Lipinski definition) is 1. The average molecular weight is 256 g/mol. The van der Waals surface area contributed by atoms with Gasteiger partial charge in [-0.25, -0.2) is 9.97 Å². The molecule has 2 aromatic rings.